The van der Waals surface area contributed by atoms with Crippen molar-refractivity contribution in [2.75, 3.05) is 6.54 Å². The quantitative estimate of drug-likeness (QED) is 0.908. The molecule has 0 saturated carbocycles. The van der Waals surface area contributed by atoms with E-state index in [1.807, 2.05) is 6.07 Å². The van der Waals surface area contributed by atoms with Crippen LogP contribution < -0.4 is 10.1 Å². The fraction of sp³-hybridized carbons (Fsp3) is 0.333. The standard InChI is InChI=1S/C18H18BrNO/c19-14-6-7-16-12(9-14)5-8-17(16)20-11-15-10-13-3-1-2-4-18(13)21-15/h1-4,6-7,9,15,17,20H,5,8,10-11H2. The van der Waals surface area contributed by atoms with Crippen LogP contribution in [0.3, 0.4) is 0 Å². The van der Waals surface area contributed by atoms with E-state index < -0.39 is 0 Å². The minimum atomic E-state index is 0.266. The zero-order valence-corrected chi connectivity index (χ0v) is 13.4. The van der Waals surface area contributed by atoms with Gasteiger partial charge in [0.15, 0.2) is 0 Å². The Balaban J connectivity index is 1.40. The molecule has 108 valence electrons. The topological polar surface area (TPSA) is 21.3 Å². The number of para-hydroxylation sites is 1. The largest absolute Gasteiger partial charge is 0.488 e. The maximum Gasteiger partial charge on any atom is 0.123 e. The number of halogens is 1. The molecule has 0 radical (unpaired) electrons. The number of ether oxygens (including phenoxy) is 1. The van der Waals surface area contributed by atoms with Crippen LogP contribution in [0.2, 0.25) is 0 Å². The third-order valence-corrected chi connectivity index (χ3v) is 4.98. The molecule has 2 aromatic carbocycles. The average molecular weight is 344 g/mol. The van der Waals surface area contributed by atoms with Crippen LogP contribution in [-0.4, -0.2) is 12.6 Å². The molecule has 3 heteroatoms. The molecule has 0 fully saturated rings. The molecule has 0 spiro atoms. The summed E-state index contributed by atoms with van der Waals surface area (Å²) >= 11 is 3.55. The van der Waals surface area contributed by atoms with Crippen LogP contribution in [0, 0.1) is 0 Å². The third-order valence-electron chi connectivity index (χ3n) is 4.49. The maximum atomic E-state index is 6.00. The van der Waals surface area contributed by atoms with Crippen LogP contribution in [0.1, 0.15) is 29.2 Å². The monoisotopic (exact) mass is 343 g/mol. The molecule has 1 heterocycles. The number of fused-ring (bicyclic) bond motifs is 2. The maximum absolute atomic E-state index is 6.00. The minimum Gasteiger partial charge on any atom is -0.488 e. The van der Waals surface area contributed by atoms with E-state index in [0.717, 1.165) is 25.1 Å². The van der Waals surface area contributed by atoms with Crippen LogP contribution in [0.4, 0.5) is 0 Å². The first kappa shape index (κ1) is 13.4. The molecule has 0 saturated heterocycles. The fourth-order valence-electron chi connectivity index (χ4n) is 3.44. The van der Waals surface area contributed by atoms with Gasteiger partial charge < -0.3 is 10.1 Å². The van der Waals surface area contributed by atoms with E-state index in [-0.39, 0.29) is 6.10 Å². The molecule has 4 rings (SSSR count). The number of rotatable bonds is 3. The summed E-state index contributed by atoms with van der Waals surface area (Å²) < 4.78 is 7.18. The molecular weight excluding hydrogens is 326 g/mol. The van der Waals surface area contributed by atoms with Crippen molar-refractivity contribution in [1.29, 1.82) is 0 Å². The van der Waals surface area contributed by atoms with Gasteiger partial charge in [-0.1, -0.05) is 40.2 Å². The van der Waals surface area contributed by atoms with Crippen molar-refractivity contribution >= 4 is 15.9 Å². The summed E-state index contributed by atoms with van der Waals surface area (Å²) in [6.45, 7) is 0.912. The van der Waals surface area contributed by atoms with Crippen LogP contribution in [0.15, 0.2) is 46.9 Å². The molecule has 21 heavy (non-hydrogen) atoms. The predicted octanol–water partition coefficient (Wildman–Crippen LogP) is 4.03. The highest BCUT2D eigenvalue weighted by molar-refractivity contribution is 9.10. The molecular formula is C18H18BrNO. The summed E-state index contributed by atoms with van der Waals surface area (Å²) in [6.07, 6.45) is 3.63. The first-order valence-electron chi connectivity index (χ1n) is 7.56. The van der Waals surface area contributed by atoms with E-state index in [1.54, 1.807) is 0 Å². The van der Waals surface area contributed by atoms with Crippen LogP contribution in [0.5, 0.6) is 5.75 Å². The van der Waals surface area contributed by atoms with Crippen molar-refractivity contribution in [2.45, 2.75) is 31.4 Å². The second-order valence-electron chi connectivity index (χ2n) is 5.89. The van der Waals surface area contributed by atoms with Crippen molar-refractivity contribution < 1.29 is 4.74 Å². The van der Waals surface area contributed by atoms with Crippen molar-refractivity contribution in [3.63, 3.8) is 0 Å². The lowest BCUT2D eigenvalue weighted by atomic mass is 10.1. The van der Waals surface area contributed by atoms with Gasteiger partial charge in [0, 0.05) is 23.5 Å². The molecule has 0 bridgehead atoms. The molecule has 1 N–H and O–H groups in total. The molecule has 2 aromatic rings. The zero-order valence-electron chi connectivity index (χ0n) is 11.8. The Kier molecular flexibility index (Phi) is 3.48. The molecule has 2 aliphatic rings. The Hall–Kier alpha value is -1.32. The number of benzene rings is 2. The van der Waals surface area contributed by atoms with Crippen molar-refractivity contribution in [1.82, 2.24) is 5.32 Å². The Bertz CT molecular complexity index is 645. The second kappa shape index (κ2) is 5.47. The minimum absolute atomic E-state index is 0.266. The molecule has 1 aliphatic heterocycles. The van der Waals surface area contributed by atoms with Crippen LogP contribution >= 0.6 is 15.9 Å². The summed E-state index contributed by atoms with van der Waals surface area (Å²) in [4.78, 5) is 0. The first-order valence-corrected chi connectivity index (χ1v) is 8.35. The number of nitrogens with one attached hydrogen (secondary N) is 1. The smallest absolute Gasteiger partial charge is 0.123 e. The van der Waals surface area contributed by atoms with Gasteiger partial charge in [0.1, 0.15) is 11.9 Å². The van der Waals surface area contributed by atoms with Gasteiger partial charge in [0.05, 0.1) is 0 Å². The zero-order chi connectivity index (χ0) is 14.2. The summed E-state index contributed by atoms with van der Waals surface area (Å²) in [5.41, 5.74) is 4.26. The molecule has 2 atom stereocenters. The van der Waals surface area contributed by atoms with E-state index >= 15 is 0 Å². The van der Waals surface area contributed by atoms with E-state index in [9.17, 15) is 0 Å². The van der Waals surface area contributed by atoms with Crippen molar-refractivity contribution in [2.24, 2.45) is 0 Å². The lowest BCUT2D eigenvalue weighted by Crippen LogP contribution is -2.32. The summed E-state index contributed by atoms with van der Waals surface area (Å²) in [6, 6.07) is 15.5. The van der Waals surface area contributed by atoms with Gasteiger partial charge in [-0.05, 0) is 47.7 Å². The molecule has 1 aliphatic carbocycles. The fourth-order valence-corrected chi connectivity index (χ4v) is 3.85. The molecule has 2 unspecified atom stereocenters. The van der Waals surface area contributed by atoms with Gasteiger partial charge in [-0.25, -0.2) is 0 Å². The van der Waals surface area contributed by atoms with E-state index in [0.29, 0.717) is 6.04 Å². The molecule has 2 nitrogen and oxygen atoms in total. The van der Waals surface area contributed by atoms with Crippen LogP contribution in [0.25, 0.3) is 0 Å². The van der Waals surface area contributed by atoms with Crippen molar-refractivity contribution in [3.8, 4) is 5.75 Å². The normalized spacial score (nSPS) is 22.7. The first-order chi connectivity index (χ1) is 10.3. The summed E-state index contributed by atoms with van der Waals surface area (Å²) in [5.74, 6) is 1.06. The Labute approximate surface area is 133 Å². The van der Waals surface area contributed by atoms with Crippen molar-refractivity contribution in [3.05, 3.63) is 63.6 Å². The summed E-state index contributed by atoms with van der Waals surface area (Å²) in [5, 5.41) is 3.69. The lowest BCUT2D eigenvalue weighted by molar-refractivity contribution is 0.221. The number of hydrogen-bond donors (Lipinski definition) is 1. The van der Waals surface area contributed by atoms with Gasteiger partial charge in [0.2, 0.25) is 0 Å². The van der Waals surface area contributed by atoms with Gasteiger partial charge >= 0.3 is 0 Å². The van der Waals surface area contributed by atoms with Gasteiger partial charge in [-0.2, -0.15) is 0 Å². The molecule has 0 aromatic heterocycles. The molecule has 0 amide bonds. The Morgan fingerprint density at radius 2 is 2.05 bits per heavy atom. The van der Waals surface area contributed by atoms with E-state index in [4.69, 9.17) is 4.74 Å². The summed E-state index contributed by atoms with van der Waals surface area (Å²) in [7, 11) is 0. The highest BCUT2D eigenvalue weighted by Gasteiger charge is 2.26. The Morgan fingerprint density at radius 1 is 1.14 bits per heavy atom. The second-order valence-corrected chi connectivity index (χ2v) is 6.81. The van der Waals surface area contributed by atoms with E-state index in [1.165, 1.54) is 27.6 Å². The Morgan fingerprint density at radius 3 is 2.95 bits per heavy atom. The average Bonchev–Trinajstić information content (AvgIpc) is 3.07. The number of hydrogen-bond acceptors (Lipinski definition) is 2. The SMILES string of the molecule is Brc1ccc2c(c1)CCC2NCC1Cc2ccccc2O1. The van der Waals surface area contributed by atoms with Gasteiger partial charge in [-0.15, -0.1) is 0 Å². The number of aryl methyl sites for hydroxylation is 1. The predicted molar refractivity (Wildman–Crippen MR) is 87.8 cm³/mol. The highest BCUT2D eigenvalue weighted by atomic mass is 79.9. The lowest BCUT2D eigenvalue weighted by Gasteiger charge is -2.17. The van der Waals surface area contributed by atoms with E-state index in [2.05, 4.69) is 57.6 Å². The van der Waals surface area contributed by atoms with Crippen LogP contribution in [-0.2, 0) is 12.8 Å². The third kappa shape index (κ3) is 2.60. The van der Waals surface area contributed by atoms with Gasteiger partial charge in [-0.3, -0.25) is 0 Å². The van der Waals surface area contributed by atoms with Gasteiger partial charge in [0.25, 0.3) is 0 Å². The highest BCUT2D eigenvalue weighted by Crippen LogP contribution is 2.33.